The van der Waals surface area contributed by atoms with Gasteiger partial charge in [0.25, 0.3) is 0 Å². The first-order chi connectivity index (χ1) is 19.1. The number of amides is 3. The first-order valence-corrected chi connectivity index (χ1v) is 14.8. The van der Waals surface area contributed by atoms with E-state index in [0.29, 0.717) is 13.0 Å². The van der Waals surface area contributed by atoms with Gasteiger partial charge in [0.15, 0.2) is 0 Å². The molecular formula is C32H44N4O3. The fourth-order valence-corrected chi connectivity index (χ4v) is 5.79. The maximum absolute atomic E-state index is 13.8. The lowest BCUT2D eigenvalue weighted by molar-refractivity contribution is -0.134. The van der Waals surface area contributed by atoms with Gasteiger partial charge in [-0.15, -0.1) is 0 Å². The number of carbonyl (C=O) groups is 3. The van der Waals surface area contributed by atoms with E-state index in [1.54, 1.807) is 0 Å². The van der Waals surface area contributed by atoms with Crippen molar-refractivity contribution in [2.45, 2.75) is 95.3 Å². The Balaban J connectivity index is 1.43. The minimum Gasteiger partial charge on any atom is -0.350 e. The van der Waals surface area contributed by atoms with Crippen LogP contribution in [0, 0.1) is 5.92 Å². The van der Waals surface area contributed by atoms with E-state index in [-0.39, 0.29) is 29.7 Å². The smallest absolute Gasteiger partial charge is 0.243 e. The van der Waals surface area contributed by atoms with Crippen LogP contribution in [0.15, 0.2) is 60.7 Å². The van der Waals surface area contributed by atoms with Crippen molar-refractivity contribution in [3.63, 3.8) is 0 Å². The first-order valence-electron chi connectivity index (χ1n) is 14.8. The van der Waals surface area contributed by atoms with Crippen LogP contribution in [0.1, 0.15) is 75.3 Å². The van der Waals surface area contributed by atoms with Crippen LogP contribution in [-0.4, -0.2) is 42.4 Å². The molecule has 2 aliphatic rings. The van der Waals surface area contributed by atoms with E-state index in [1.807, 2.05) is 48.5 Å². The summed E-state index contributed by atoms with van der Waals surface area (Å²) < 4.78 is 0. The van der Waals surface area contributed by atoms with Crippen LogP contribution in [-0.2, 0) is 27.3 Å². The molecule has 1 aliphatic heterocycles. The van der Waals surface area contributed by atoms with Gasteiger partial charge < -0.3 is 21.3 Å². The fourth-order valence-electron chi connectivity index (χ4n) is 5.79. The van der Waals surface area contributed by atoms with Crippen molar-refractivity contribution in [2.24, 2.45) is 5.92 Å². The first kappa shape index (κ1) is 28.8. The van der Waals surface area contributed by atoms with E-state index in [0.717, 1.165) is 76.3 Å². The molecule has 39 heavy (non-hydrogen) atoms. The molecule has 7 nitrogen and oxygen atoms in total. The molecule has 1 saturated heterocycles. The predicted molar refractivity (Wildman–Crippen MR) is 154 cm³/mol. The van der Waals surface area contributed by atoms with Crippen LogP contribution in [0.3, 0.4) is 0 Å². The molecule has 2 aromatic rings. The van der Waals surface area contributed by atoms with Gasteiger partial charge in [-0.25, -0.2) is 0 Å². The number of aryl methyl sites for hydroxylation is 1. The van der Waals surface area contributed by atoms with Crippen LogP contribution < -0.4 is 21.3 Å². The summed E-state index contributed by atoms with van der Waals surface area (Å²) in [6.07, 6.45) is 10.1. The number of benzene rings is 2. The molecule has 1 heterocycles. The highest BCUT2D eigenvalue weighted by atomic mass is 16.2. The molecule has 7 heteroatoms. The molecule has 3 amide bonds. The number of carbonyl (C=O) groups excluding carboxylic acids is 3. The second-order valence-corrected chi connectivity index (χ2v) is 11.0. The van der Waals surface area contributed by atoms with Gasteiger partial charge in [0.1, 0.15) is 12.1 Å². The number of piperidine rings is 1. The zero-order valence-electron chi connectivity index (χ0n) is 23.0. The minimum atomic E-state index is -0.666. The summed E-state index contributed by atoms with van der Waals surface area (Å²) >= 11 is 0. The van der Waals surface area contributed by atoms with E-state index < -0.39 is 12.1 Å². The Kier molecular flexibility index (Phi) is 11.4. The molecule has 1 saturated carbocycles. The summed E-state index contributed by atoms with van der Waals surface area (Å²) in [5.41, 5.74) is 2.21. The van der Waals surface area contributed by atoms with Crippen molar-refractivity contribution in [2.75, 3.05) is 6.54 Å². The van der Waals surface area contributed by atoms with Crippen molar-refractivity contribution in [3.05, 3.63) is 71.8 Å². The highest BCUT2D eigenvalue weighted by molar-refractivity contribution is 5.93. The summed E-state index contributed by atoms with van der Waals surface area (Å²) in [5, 5.41) is 12.5. The number of rotatable bonds is 12. The quantitative estimate of drug-likeness (QED) is 0.332. The van der Waals surface area contributed by atoms with Crippen LogP contribution >= 0.6 is 0 Å². The largest absolute Gasteiger partial charge is 0.350 e. The number of hydrogen-bond donors (Lipinski definition) is 4. The summed E-state index contributed by atoms with van der Waals surface area (Å²) in [4.78, 5) is 40.2. The van der Waals surface area contributed by atoms with Gasteiger partial charge in [0.2, 0.25) is 17.7 Å². The Morgan fingerprint density at radius 3 is 2.10 bits per heavy atom. The van der Waals surface area contributed by atoms with Crippen LogP contribution in [0.25, 0.3) is 0 Å². The third-order valence-corrected chi connectivity index (χ3v) is 8.07. The highest BCUT2D eigenvalue weighted by Gasteiger charge is 2.35. The van der Waals surface area contributed by atoms with Gasteiger partial charge in [0, 0.05) is 6.54 Å². The Morgan fingerprint density at radius 1 is 0.769 bits per heavy atom. The number of hydrogen-bond acceptors (Lipinski definition) is 4. The third-order valence-electron chi connectivity index (χ3n) is 8.07. The molecule has 0 spiro atoms. The predicted octanol–water partition coefficient (Wildman–Crippen LogP) is 4.02. The van der Waals surface area contributed by atoms with Crippen molar-refractivity contribution >= 4 is 17.7 Å². The molecule has 3 atom stereocenters. The maximum Gasteiger partial charge on any atom is 0.243 e. The molecule has 1 aliphatic carbocycles. The lowest BCUT2D eigenvalue weighted by Crippen LogP contribution is -2.59. The van der Waals surface area contributed by atoms with E-state index in [1.165, 1.54) is 5.56 Å². The van der Waals surface area contributed by atoms with Gasteiger partial charge in [-0.3, -0.25) is 14.4 Å². The SMILES string of the molecule is O=C(N[C@@H](C(=O)N[C@H](CCCc1ccccc1)C(=O)NCc1ccccc1)C1CCCCC1)[C@@H]1CCCCN1. The van der Waals surface area contributed by atoms with Crippen molar-refractivity contribution in [3.8, 4) is 0 Å². The van der Waals surface area contributed by atoms with Gasteiger partial charge in [-0.2, -0.15) is 0 Å². The van der Waals surface area contributed by atoms with Gasteiger partial charge in [-0.1, -0.05) is 86.3 Å². The zero-order chi connectivity index (χ0) is 27.3. The average Bonchev–Trinajstić information content (AvgIpc) is 3.00. The Bertz CT molecular complexity index is 1030. The molecule has 0 aromatic heterocycles. The molecule has 4 N–H and O–H groups in total. The van der Waals surface area contributed by atoms with Crippen LogP contribution in [0.4, 0.5) is 0 Å². The molecule has 2 aromatic carbocycles. The van der Waals surface area contributed by atoms with Crippen LogP contribution in [0.2, 0.25) is 0 Å². The summed E-state index contributed by atoms with van der Waals surface area (Å²) in [6.45, 7) is 1.23. The zero-order valence-corrected chi connectivity index (χ0v) is 23.0. The highest BCUT2D eigenvalue weighted by Crippen LogP contribution is 2.27. The molecule has 0 unspecified atom stereocenters. The van der Waals surface area contributed by atoms with Gasteiger partial charge >= 0.3 is 0 Å². The molecule has 4 rings (SSSR count). The molecule has 0 radical (unpaired) electrons. The second-order valence-electron chi connectivity index (χ2n) is 11.0. The summed E-state index contributed by atoms with van der Waals surface area (Å²) in [5.74, 6) is -0.452. The number of nitrogens with one attached hydrogen (secondary N) is 4. The van der Waals surface area contributed by atoms with Crippen LogP contribution in [0.5, 0.6) is 0 Å². The Labute approximate surface area is 232 Å². The average molecular weight is 533 g/mol. The third kappa shape index (κ3) is 9.20. The van der Waals surface area contributed by atoms with E-state index in [9.17, 15) is 14.4 Å². The summed E-state index contributed by atoms with van der Waals surface area (Å²) in [7, 11) is 0. The minimum absolute atomic E-state index is 0.0867. The molecular weight excluding hydrogens is 488 g/mol. The Hall–Kier alpha value is -3.19. The summed E-state index contributed by atoms with van der Waals surface area (Å²) in [6, 6.07) is 18.4. The molecule has 0 bridgehead atoms. The monoisotopic (exact) mass is 532 g/mol. The lowest BCUT2D eigenvalue weighted by atomic mass is 9.83. The van der Waals surface area contributed by atoms with Crippen molar-refractivity contribution < 1.29 is 14.4 Å². The van der Waals surface area contributed by atoms with E-state index >= 15 is 0 Å². The van der Waals surface area contributed by atoms with Crippen molar-refractivity contribution in [1.82, 2.24) is 21.3 Å². The standard InChI is InChI=1S/C32H44N4O3/c37-30(34-23-25-15-6-2-7-16-25)28(21-12-17-24-13-4-1-5-14-24)35-32(39)29(26-18-8-3-9-19-26)36-31(38)27-20-10-11-22-33-27/h1-2,4-7,13-16,26-29,33H,3,8-12,17-23H2,(H,34,37)(H,35,39)(H,36,38)/t27-,28+,29+/m0/s1. The van der Waals surface area contributed by atoms with E-state index in [4.69, 9.17) is 0 Å². The molecule has 2 fully saturated rings. The fraction of sp³-hybridized carbons (Fsp3) is 0.531. The maximum atomic E-state index is 13.8. The Morgan fingerprint density at radius 2 is 1.44 bits per heavy atom. The van der Waals surface area contributed by atoms with Gasteiger partial charge in [0.05, 0.1) is 6.04 Å². The normalized spacial score (nSPS) is 19.4. The van der Waals surface area contributed by atoms with E-state index in [2.05, 4.69) is 33.4 Å². The van der Waals surface area contributed by atoms with Crippen molar-refractivity contribution in [1.29, 1.82) is 0 Å². The van der Waals surface area contributed by atoms with Gasteiger partial charge in [-0.05, 0) is 68.5 Å². The molecule has 210 valence electrons. The second kappa shape index (κ2) is 15.4. The lowest BCUT2D eigenvalue weighted by Gasteiger charge is -2.33. The topological polar surface area (TPSA) is 99.3 Å².